The van der Waals surface area contributed by atoms with Crippen LogP contribution in [0.5, 0.6) is 0 Å². The van der Waals surface area contributed by atoms with Crippen LogP contribution < -0.4 is 0 Å². The van der Waals surface area contributed by atoms with Crippen molar-refractivity contribution in [3.63, 3.8) is 0 Å². The normalized spacial score (nSPS) is 22.6. The summed E-state index contributed by atoms with van der Waals surface area (Å²) >= 11 is 1.59. The molecule has 1 aromatic rings. The minimum atomic E-state index is 0.0546. The molecule has 1 N–H and O–H groups in total. The average molecular weight is 213 g/mol. The molecule has 1 saturated heterocycles. The highest BCUT2D eigenvalue weighted by Crippen LogP contribution is 2.30. The molecule has 0 bridgehead atoms. The highest BCUT2D eigenvalue weighted by Gasteiger charge is 2.21. The first-order valence-corrected chi connectivity index (χ1v) is 5.77. The number of aliphatic hydroxyl groups is 1. The van der Waals surface area contributed by atoms with E-state index in [0.29, 0.717) is 5.92 Å². The van der Waals surface area contributed by atoms with Crippen LogP contribution in [0.25, 0.3) is 0 Å². The Bertz CT molecular complexity index is 305. The van der Waals surface area contributed by atoms with E-state index in [1.165, 1.54) is 4.88 Å². The van der Waals surface area contributed by atoms with Gasteiger partial charge in [0.2, 0.25) is 0 Å². The van der Waals surface area contributed by atoms with E-state index in [0.717, 1.165) is 36.8 Å². The van der Waals surface area contributed by atoms with Crippen LogP contribution in [0.3, 0.4) is 0 Å². The summed E-state index contributed by atoms with van der Waals surface area (Å²) < 4.78 is 5.44. The van der Waals surface area contributed by atoms with Gasteiger partial charge in [-0.15, -0.1) is 11.3 Å². The van der Waals surface area contributed by atoms with Gasteiger partial charge in [-0.25, -0.2) is 4.98 Å². The summed E-state index contributed by atoms with van der Waals surface area (Å²) in [5.74, 6) is 0.445. The first kappa shape index (κ1) is 10.1. The lowest BCUT2D eigenvalue weighted by atomic mass is 9.98. The predicted octanol–water partition coefficient (Wildman–Crippen LogP) is 1.84. The molecule has 1 aromatic heterocycles. The van der Waals surface area contributed by atoms with Crippen LogP contribution >= 0.6 is 11.3 Å². The van der Waals surface area contributed by atoms with Gasteiger partial charge in [0.15, 0.2) is 0 Å². The largest absolute Gasteiger partial charge is 0.389 e. The van der Waals surface area contributed by atoms with E-state index in [1.54, 1.807) is 11.3 Å². The highest BCUT2D eigenvalue weighted by molar-refractivity contribution is 7.11. The lowest BCUT2D eigenvalue weighted by Gasteiger charge is -2.20. The molecule has 2 rings (SSSR count). The van der Waals surface area contributed by atoms with Crippen LogP contribution in [0, 0.1) is 6.92 Å². The summed E-state index contributed by atoms with van der Waals surface area (Å²) in [4.78, 5) is 5.67. The second-order valence-electron chi connectivity index (χ2n) is 3.62. The van der Waals surface area contributed by atoms with E-state index in [-0.39, 0.29) is 6.61 Å². The molecule has 0 aromatic carbocycles. The van der Waals surface area contributed by atoms with E-state index < -0.39 is 0 Å². The van der Waals surface area contributed by atoms with Gasteiger partial charge in [-0.1, -0.05) is 0 Å². The maximum absolute atomic E-state index is 8.99. The Morgan fingerprint density at radius 3 is 3.07 bits per heavy atom. The first-order valence-electron chi connectivity index (χ1n) is 4.96. The molecule has 0 aliphatic carbocycles. The lowest BCUT2D eigenvalue weighted by molar-refractivity contribution is 0.0792. The van der Waals surface area contributed by atoms with Gasteiger partial charge in [0.05, 0.1) is 18.9 Å². The third-order valence-electron chi connectivity index (χ3n) is 2.56. The van der Waals surface area contributed by atoms with Crippen LogP contribution in [0.2, 0.25) is 0 Å². The van der Waals surface area contributed by atoms with E-state index in [9.17, 15) is 0 Å². The van der Waals surface area contributed by atoms with Gasteiger partial charge in [0.25, 0.3) is 0 Å². The van der Waals surface area contributed by atoms with E-state index in [1.807, 2.05) is 0 Å². The topological polar surface area (TPSA) is 42.4 Å². The number of hydrogen-bond donors (Lipinski definition) is 1. The summed E-state index contributed by atoms with van der Waals surface area (Å²) in [6.45, 7) is 3.79. The summed E-state index contributed by atoms with van der Waals surface area (Å²) in [6.07, 6.45) is 2.28. The van der Waals surface area contributed by atoms with E-state index >= 15 is 0 Å². The summed E-state index contributed by atoms with van der Waals surface area (Å²) in [7, 11) is 0. The second kappa shape index (κ2) is 4.38. The number of ether oxygens (including phenoxy) is 1. The standard InChI is InChI=1S/C10H15NO2S/c1-7-10(11-9(5-12)14-7)8-3-2-4-13-6-8/h8,12H,2-6H2,1H3. The van der Waals surface area contributed by atoms with Crippen molar-refractivity contribution in [3.05, 3.63) is 15.6 Å². The van der Waals surface area contributed by atoms with Crippen LogP contribution in [-0.4, -0.2) is 23.3 Å². The highest BCUT2D eigenvalue weighted by atomic mass is 32.1. The fourth-order valence-corrected chi connectivity index (χ4v) is 2.75. The maximum Gasteiger partial charge on any atom is 0.119 e. The zero-order chi connectivity index (χ0) is 9.97. The number of nitrogens with zero attached hydrogens (tertiary/aromatic N) is 1. The van der Waals surface area contributed by atoms with Crippen molar-refractivity contribution in [2.45, 2.75) is 32.3 Å². The van der Waals surface area contributed by atoms with Gasteiger partial charge in [-0.3, -0.25) is 0 Å². The minimum absolute atomic E-state index is 0.0546. The number of aryl methyl sites for hydroxylation is 1. The predicted molar refractivity (Wildman–Crippen MR) is 55.6 cm³/mol. The first-order chi connectivity index (χ1) is 6.81. The van der Waals surface area contributed by atoms with Crippen LogP contribution in [0.15, 0.2) is 0 Å². The van der Waals surface area contributed by atoms with Crippen molar-refractivity contribution in [1.29, 1.82) is 0 Å². The third kappa shape index (κ3) is 1.97. The Kier molecular flexibility index (Phi) is 3.15. The molecule has 1 fully saturated rings. The molecule has 0 radical (unpaired) electrons. The maximum atomic E-state index is 8.99. The number of hydrogen-bond acceptors (Lipinski definition) is 4. The molecule has 0 saturated carbocycles. The molecule has 78 valence electrons. The number of rotatable bonds is 2. The molecule has 1 aliphatic heterocycles. The molecule has 1 unspecified atom stereocenters. The Hall–Kier alpha value is -0.450. The van der Waals surface area contributed by atoms with Gasteiger partial charge in [0.1, 0.15) is 5.01 Å². The van der Waals surface area contributed by atoms with Crippen molar-refractivity contribution < 1.29 is 9.84 Å². The molecule has 0 spiro atoms. The molecule has 3 nitrogen and oxygen atoms in total. The van der Waals surface area contributed by atoms with Gasteiger partial charge in [-0.2, -0.15) is 0 Å². The fraction of sp³-hybridized carbons (Fsp3) is 0.700. The number of aliphatic hydroxyl groups excluding tert-OH is 1. The summed E-state index contributed by atoms with van der Waals surface area (Å²) in [6, 6.07) is 0. The van der Waals surface area contributed by atoms with Gasteiger partial charge < -0.3 is 9.84 Å². The fourth-order valence-electron chi connectivity index (χ4n) is 1.87. The van der Waals surface area contributed by atoms with Crippen molar-refractivity contribution in [2.75, 3.05) is 13.2 Å². The average Bonchev–Trinajstić information content (AvgIpc) is 2.61. The van der Waals surface area contributed by atoms with Crippen molar-refractivity contribution in [1.82, 2.24) is 4.98 Å². The molecule has 1 aliphatic rings. The number of thiazole rings is 1. The van der Waals surface area contributed by atoms with Crippen LogP contribution in [0.4, 0.5) is 0 Å². The summed E-state index contributed by atoms with van der Waals surface area (Å²) in [5, 5.41) is 9.81. The van der Waals surface area contributed by atoms with Gasteiger partial charge in [-0.05, 0) is 19.8 Å². The van der Waals surface area contributed by atoms with Crippen LogP contribution in [0.1, 0.15) is 34.3 Å². The van der Waals surface area contributed by atoms with Gasteiger partial charge >= 0.3 is 0 Å². The molecule has 2 heterocycles. The molecule has 14 heavy (non-hydrogen) atoms. The number of aromatic nitrogens is 1. The van der Waals surface area contributed by atoms with Gasteiger partial charge in [0, 0.05) is 17.4 Å². The second-order valence-corrected chi connectivity index (χ2v) is 4.91. The molecular formula is C10H15NO2S. The van der Waals surface area contributed by atoms with E-state index in [4.69, 9.17) is 9.84 Å². The monoisotopic (exact) mass is 213 g/mol. The van der Waals surface area contributed by atoms with Crippen molar-refractivity contribution in [3.8, 4) is 0 Å². The molecule has 1 atom stereocenters. The smallest absolute Gasteiger partial charge is 0.119 e. The quantitative estimate of drug-likeness (QED) is 0.815. The zero-order valence-electron chi connectivity index (χ0n) is 8.32. The molecule has 4 heteroatoms. The Labute approximate surface area is 87.7 Å². The molecular weight excluding hydrogens is 198 g/mol. The third-order valence-corrected chi connectivity index (χ3v) is 3.53. The van der Waals surface area contributed by atoms with Crippen molar-refractivity contribution in [2.24, 2.45) is 0 Å². The summed E-state index contributed by atoms with van der Waals surface area (Å²) in [5.41, 5.74) is 1.14. The SMILES string of the molecule is Cc1sc(CO)nc1C1CCCOC1. The zero-order valence-corrected chi connectivity index (χ0v) is 9.14. The van der Waals surface area contributed by atoms with Crippen molar-refractivity contribution >= 4 is 11.3 Å². The Morgan fingerprint density at radius 1 is 1.64 bits per heavy atom. The van der Waals surface area contributed by atoms with Crippen LogP contribution in [-0.2, 0) is 11.3 Å². The Balaban J connectivity index is 2.17. The molecule has 0 amide bonds. The lowest BCUT2D eigenvalue weighted by Crippen LogP contribution is -2.16. The van der Waals surface area contributed by atoms with E-state index in [2.05, 4.69) is 11.9 Å². The Morgan fingerprint density at radius 2 is 2.50 bits per heavy atom. The minimum Gasteiger partial charge on any atom is -0.389 e.